The maximum absolute atomic E-state index is 12.0. The average Bonchev–Trinajstić information content (AvgIpc) is 2.55. The first-order chi connectivity index (χ1) is 11.5. The van der Waals surface area contributed by atoms with Crippen molar-refractivity contribution in [1.82, 2.24) is 0 Å². The molecule has 0 aromatic heterocycles. The van der Waals surface area contributed by atoms with Gasteiger partial charge in [0, 0.05) is 9.64 Å². The van der Waals surface area contributed by atoms with Crippen molar-refractivity contribution >= 4 is 57.4 Å². The van der Waals surface area contributed by atoms with Crippen LogP contribution < -0.4 is 20.1 Å². The molecule has 1 aliphatic heterocycles. The lowest BCUT2D eigenvalue weighted by atomic mass is 10.2. The van der Waals surface area contributed by atoms with Gasteiger partial charge < -0.3 is 20.1 Å². The monoisotopic (exact) mass is 458 g/mol. The van der Waals surface area contributed by atoms with Crippen LogP contribution in [0.5, 0.6) is 11.5 Å². The Hall–Kier alpha value is -2.00. The maximum Gasteiger partial charge on any atom is 0.262 e. The zero-order chi connectivity index (χ0) is 17.1. The topological polar surface area (TPSA) is 76.7 Å². The summed E-state index contributed by atoms with van der Waals surface area (Å²) in [4.78, 5) is 23.3. The quantitative estimate of drug-likeness (QED) is 0.690. The Morgan fingerprint density at radius 3 is 2.83 bits per heavy atom. The second-order valence-electron chi connectivity index (χ2n) is 4.96. The summed E-state index contributed by atoms with van der Waals surface area (Å²) in [5, 5.41) is 5.60. The normalized spacial score (nSPS) is 12.7. The van der Waals surface area contributed by atoms with Crippen LogP contribution in [0.15, 0.2) is 36.4 Å². The fourth-order valence-corrected chi connectivity index (χ4v) is 2.63. The van der Waals surface area contributed by atoms with E-state index in [9.17, 15) is 9.59 Å². The smallest absolute Gasteiger partial charge is 0.262 e. The minimum absolute atomic E-state index is 0.0715. The first kappa shape index (κ1) is 16.8. The molecule has 6 nitrogen and oxygen atoms in total. The number of fused-ring (bicyclic) bond motifs is 1. The van der Waals surface area contributed by atoms with E-state index < -0.39 is 0 Å². The van der Waals surface area contributed by atoms with E-state index in [1.807, 2.05) is 12.1 Å². The van der Waals surface area contributed by atoms with E-state index in [0.717, 1.165) is 3.57 Å². The zero-order valence-corrected chi connectivity index (χ0v) is 15.2. The van der Waals surface area contributed by atoms with Crippen molar-refractivity contribution in [1.29, 1.82) is 0 Å². The summed E-state index contributed by atoms with van der Waals surface area (Å²) in [6.45, 7) is -0.219. The molecule has 2 aromatic rings. The van der Waals surface area contributed by atoms with Crippen LogP contribution in [0.25, 0.3) is 0 Å². The van der Waals surface area contributed by atoms with Crippen molar-refractivity contribution < 1.29 is 19.1 Å². The molecule has 8 heteroatoms. The van der Waals surface area contributed by atoms with Gasteiger partial charge in [0.2, 0.25) is 0 Å². The fraction of sp³-hybridized carbons (Fsp3) is 0.125. The van der Waals surface area contributed by atoms with Gasteiger partial charge in [0.25, 0.3) is 11.8 Å². The lowest BCUT2D eigenvalue weighted by Crippen LogP contribution is -2.26. The second kappa shape index (κ2) is 7.27. The molecule has 124 valence electrons. The molecular formula is C16H12ClIN2O4. The lowest BCUT2D eigenvalue weighted by Gasteiger charge is -2.19. The number of hydrogen-bond acceptors (Lipinski definition) is 4. The van der Waals surface area contributed by atoms with E-state index >= 15 is 0 Å². The van der Waals surface area contributed by atoms with Crippen LogP contribution in [-0.4, -0.2) is 25.0 Å². The number of ether oxygens (including phenoxy) is 2. The Labute approximate surface area is 156 Å². The maximum atomic E-state index is 12.0. The molecule has 0 aliphatic carbocycles. The number of nitrogens with one attached hydrogen (secondary N) is 2. The minimum Gasteiger partial charge on any atom is -0.484 e. The summed E-state index contributed by atoms with van der Waals surface area (Å²) in [5.41, 5.74) is 0.868. The SMILES string of the molecule is O=C(COc1ccc(I)cc1)Nc1cc2c(cc1Cl)NC(=O)CO2. The lowest BCUT2D eigenvalue weighted by molar-refractivity contribution is -0.119. The van der Waals surface area contributed by atoms with Crippen molar-refractivity contribution in [3.8, 4) is 11.5 Å². The Bertz CT molecular complexity index is 795. The summed E-state index contributed by atoms with van der Waals surface area (Å²) >= 11 is 8.31. The molecule has 24 heavy (non-hydrogen) atoms. The highest BCUT2D eigenvalue weighted by molar-refractivity contribution is 14.1. The highest BCUT2D eigenvalue weighted by Crippen LogP contribution is 2.36. The standard InChI is InChI=1S/C16H12ClIN2O4/c17-11-5-13-14(24-8-16(22)20-13)6-12(11)19-15(21)7-23-10-3-1-9(18)2-4-10/h1-6H,7-8H2,(H,19,21)(H,20,22). The average molecular weight is 459 g/mol. The van der Waals surface area contributed by atoms with Gasteiger partial charge in [-0.2, -0.15) is 0 Å². The van der Waals surface area contributed by atoms with Crippen molar-refractivity contribution in [2.75, 3.05) is 23.8 Å². The molecule has 2 aromatic carbocycles. The van der Waals surface area contributed by atoms with Crippen molar-refractivity contribution in [2.45, 2.75) is 0 Å². The molecule has 3 rings (SSSR count). The number of rotatable bonds is 4. The Balaban J connectivity index is 1.64. The van der Waals surface area contributed by atoms with Crippen molar-refractivity contribution in [3.63, 3.8) is 0 Å². The molecule has 1 heterocycles. The van der Waals surface area contributed by atoms with Gasteiger partial charge in [-0.05, 0) is 52.9 Å². The highest BCUT2D eigenvalue weighted by atomic mass is 127. The molecule has 0 atom stereocenters. The van der Waals surface area contributed by atoms with Gasteiger partial charge in [-0.1, -0.05) is 11.6 Å². The number of benzene rings is 2. The van der Waals surface area contributed by atoms with Crippen molar-refractivity contribution in [2.24, 2.45) is 0 Å². The molecule has 2 N–H and O–H groups in total. The third kappa shape index (κ3) is 4.09. The van der Waals surface area contributed by atoms with Crippen molar-refractivity contribution in [3.05, 3.63) is 45.0 Å². The van der Waals surface area contributed by atoms with Gasteiger partial charge in [0.15, 0.2) is 13.2 Å². The van der Waals surface area contributed by atoms with Crippen LogP contribution >= 0.6 is 34.2 Å². The number of carbonyl (C=O) groups excluding carboxylic acids is 2. The molecule has 2 amide bonds. The largest absolute Gasteiger partial charge is 0.484 e. The summed E-state index contributed by atoms with van der Waals surface area (Å²) < 4.78 is 11.8. The molecule has 0 radical (unpaired) electrons. The van der Waals surface area contributed by atoms with E-state index in [1.54, 1.807) is 18.2 Å². The summed E-state index contributed by atoms with van der Waals surface area (Å²) in [7, 11) is 0. The summed E-state index contributed by atoms with van der Waals surface area (Å²) in [6, 6.07) is 10.5. The van der Waals surface area contributed by atoms with Gasteiger partial charge in [-0.15, -0.1) is 0 Å². The molecule has 0 unspecified atom stereocenters. The molecule has 0 fully saturated rings. The molecule has 0 saturated heterocycles. The predicted molar refractivity (Wildman–Crippen MR) is 98.9 cm³/mol. The Kier molecular flexibility index (Phi) is 5.10. The minimum atomic E-state index is -0.352. The molecule has 0 spiro atoms. The molecular weight excluding hydrogens is 447 g/mol. The predicted octanol–water partition coefficient (Wildman–Crippen LogP) is 3.29. The molecule has 1 aliphatic rings. The number of carbonyl (C=O) groups is 2. The number of hydrogen-bond donors (Lipinski definition) is 2. The highest BCUT2D eigenvalue weighted by Gasteiger charge is 2.19. The van der Waals surface area contributed by atoms with Crippen LogP contribution in [0.4, 0.5) is 11.4 Å². The third-order valence-corrected chi connectivity index (χ3v) is 4.19. The van der Waals surface area contributed by atoms with Crippen LogP contribution in [0.1, 0.15) is 0 Å². The van der Waals surface area contributed by atoms with E-state index in [2.05, 4.69) is 33.2 Å². The third-order valence-electron chi connectivity index (χ3n) is 3.16. The molecule has 0 bridgehead atoms. The fourth-order valence-electron chi connectivity index (χ4n) is 2.06. The Morgan fingerprint density at radius 2 is 2.08 bits per heavy atom. The first-order valence-corrected chi connectivity index (χ1v) is 8.41. The van der Waals surface area contributed by atoms with Gasteiger partial charge in [0.1, 0.15) is 11.5 Å². The summed E-state index contributed by atoms with van der Waals surface area (Å²) in [5.74, 6) is 0.456. The van der Waals surface area contributed by atoms with Crippen LogP contribution in [0.2, 0.25) is 5.02 Å². The van der Waals surface area contributed by atoms with Crippen LogP contribution in [-0.2, 0) is 9.59 Å². The van der Waals surface area contributed by atoms with Gasteiger partial charge in [-0.25, -0.2) is 0 Å². The number of anilines is 2. The number of halogens is 2. The Morgan fingerprint density at radius 1 is 1.33 bits per heavy atom. The van der Waals surface area contributed by atoms with E-state index in [-0.39, 0.29) is 25.0 Å². The number of amides is 2. The van der Waals surface area contributed by atoms with E-state index in [1.165, 1.54) is 6.07 Å². The first-order valence-electron chi connectivity index (χ1n) is 6.95. The van der Waals surface area contributed by atoms with E-state index in [0.29, 0.717) is 27.9 Å². The van der Waals surface area contributed by atoms with Crippen LogP contribution in [0.3, 0.4) is 0 Å². The zero-order valence-electron chi connectivity index (χ0n) is 12.3. The van der Waals surface area contributed by atoms with Gasteiger partial charge in [0.05, 0.1) is 16.4 Å². The summed E-state index contributed by atoms with van der Waals surface area (Å²) in [6.07, 6.45) is 0. The van der Waals surface area contributed by atoms with Crippen LogP contribution in [0, 0.1) is 3.57 Å². The second-order valence-corrected chi connectivity index (χ2v) is 6.61. The van der Waals surface area contributed by atoms with Gasteiger partial charge in [-0.3, -0.25) is 9.59 Å². The van der Waals surface area contributed by atoms with E-state index in [4.69, 9.17) is 21.1 Å². The van der Waals surface area contributed by atoms with Gasteiger partial charge >= 0.3 is 0 Å². The molecule has 0 saturated carbocycles.